The van der Waals surface area contributed by atoms with Crippen molar-refractivity contribution in [3.63, 3.8) is 0 Å². The number of ether oxygens (including phenoxy) is 1. The predicted molar refractivity (Wildman–Crippen MR) is 86.7 cm³/mol. The van der Waals surface area contributed by atoms with Gasteiger partial charge in [0.1, 0.15) is 5.75 Å². The Labute approximate surface area is 132 Å². The SMILES string of the molecule is CC(=O)N(CCNC(=O)CCOc1ccccc1)CC(C)C. The molecule has 0 atom stereocenters. The van der Waals surface area contributed by atoms with Crippen molar-refractivity contribution < 1.29 is 14.3 Å². The highest BCUT2D eigenvalue weighted by Crippen LogP contribution is 2.08. The number of nitrogens with one attached hydrogen (secondary N) is 1. The number of hydrogen-bond acceptors (Lipinski definition) is 3. The molecule has 1 aromatic rings. The van der Waals surface area contributed by atoms with Crippen LogP contribution in [0, 0.1) is 5.92 Å². The van der Waals surface area contributed by atoms with Crippen molar-refractivity contribution in [2.75, 3.05) is 26.2 Å². The van der Waals surface area contributed by atoms with E-state index < -0.39 is 0 Å². The minimum Gasteiger partial charge on any atom is -0.493 e. The molecule has 0 bridgehead atoms. The van der Waals surface area contributed by atoms with Gasteiger partial charge in [-0.05, 0) is 18.1 Å². The lowest BCUT2D eigenvalue weighted by molar-refractivity contribution is -0.130. The van der Waals surface area contributed by atoms with Gasteiger partial charge in [0.25, 0.3) is 0 Å². The number of benzene rings is 1. The third kappa shape index (κ3) is 7.67. The normalized spacial score (nSPS) is 10.4. The van der Waals surface area contributed by atoms with Gasteiger partial charge in [-0.25, -0.2) is 0 Å². The van der Waals surface area contributed by atoms with Crippen molar-refractivity contribution >= 4 is 11.8 Å². The lowest BCUT2D eigenvalue weighted by Gasteiger charge is -2.23. The summed E-state index contributed by atoms with van der Waals surface area (Å²) in [5.74, 6) is 1.15. The maximum Gasteiger partial charge on any atom is 0.223 e. The quantitative estimate of drug-likeness (QED) is 0.760. The molecule has 1 rings (SSSR count). The van der Waals surface area contributed by atoms with Gasteiger partial charge in [-0.1, -0.05) is 32.0 Å². The van der Waals surface area contributed by atoms with E-state index in [1.165, 1.54) is 0 Å². The number of amides is 2. The fourth-order valence-corrected chi connectivity index (χ4v) is 2.02. The van der Waals surface area contributed by atoms with Crippen LogP contribution in [-0.2, 0) is 9.59 Å². The standard InChI is InChI=1S/C17H26N2O3/c1-14(2)13-19(15(3)20)11-10-18-17(21)9-12-22-16-7-5-4-6-8-16/h4-8,14H,9-13H2,1-3H3,(H,18,21). The summed E-state index contributed by atoms with van der Waals surface area (Å²) >= 11 is 0. The second kappa shape index (κ2) is 9.82. The fourth-order valence-electron chi connectivity index (χ4n) is 2.02. The van der Waals surface area contributed by atoms with Crippen molar-refractivity contribution in [2.24, 2.45) is 5.92 Å². The van der Waals surface area contributed by atoms with E-state index in [0.717, 1.165) is 5.75 Å². The van der Waals surface area contributed by atoms with Gasteiger partial charge in [-0.2, -0.15) is 0 Å². The Morgan fingerprint density at radius 1 is 1.23 bits per heavy atom. The van der Waals surface area contributed by atoms with Gasteiger partial charge < -0.3 is 15.0 Å². The Balaban J connectivity index is 2.18. The topological polar surface area (TPSA) is 58.6 Å². The van der Waals surface area contributed by atoms with Crippen LogP contribution < -0.4 is 10.1 Å². The van der Waals surface area contributed by atoms with Crippen LogP contribution in [0.15, 0.2) is 30.3 Å². The Kier molecular flexibility index (Phi) is 8.04. The molecule has 2 amide bonds. The van der Waals surface area contributed by atoms with Crippen molar-refractivity contribution in [2.45, 2.75) is 27.2 Å². The highest BCUT2D eigenvalue weighted by atomic mass is 16.5. The van der Waals surface area contributed by atoms with Gasteiger partial charge in [0.05, 0.1) is 13.0 Å². The van der Waals surface area contributed by atoms with Gasteiger partial charge in [0.15, 0.2) is 0 Å². The van der Waals surface area contributed by atoms with Crippen LogP contribution in [0.4, 0.5) is 0 Å². The van der Waals surface area contributed by atoms with Crippen LogP contribution in [0.1, 0.15) is 27.2 Å². The molecular formula is C17H26N2O3. The largest absolute Gasteiger partial charge is 0.493 e. The van der Waals surface area contributed by atoms with Crippen molar-refractivity contribution in [1.82, 2.24) is 10.2 Å². The number of carbonyl (C=O) groups is 2. The molecule has 5 nitrogen and oxygen atoms in total. The Bertz CT molecular complexity index is 460. The molecule has 0 heterocycles. The molecule has 22 heavy (non-hydrogen) atoms. The van der Waals surface area contributed by atoms with Crippen molar-refractivity contribution in [3.05, 3.63) is 30.3 Å². The first-order chi connectivity index (χ1) is 10.5. The summed E-state index contributed by atoms with van der Waals surface area (Å²) in [6, 6.07) is 9.40. The van der Waals surface area contributed by atoms with Gasteiger partial charge in [-0.3, -0.25) is 9.59 Å². The first kappa shape index (κ1) is 18.0. The number of nitrogens with zero attached hydrogens (tertiary/aromatic N) is 1. The monoisotopic (exact) mass is 306 g/mol. The molecule has 0 aliphatic carbocycles. The molecule has 0 aliphatic heterocycles. The molecule has 5 heteroatoms. The molecule has 0 spiro atoms. The van der Waals surface area contributed by atoms with E-state index in [2.05, 4.69) is 19.2 Å². The third-order valence-corrected chi connectivity index (χ3v) is 3.08. The molecule has 0 aromatic heterocycles. The Morgan fingerprint density at radius 2 is 1.91 bits per heavy atom. The highest BCUT2D eigenvalue weighted by molar-refractivity contribution is 5.76. The van der Waals surface area contributed by atoms with Gasteiger partial charge in [0, 0.05) is 26.6 Å². The number of rotatable bonds is 9. The summed E-state index contributed by atoms with van der Waals surface area (Å²) in [7, 11) is 0. The van der Waals surface area contributed by atoms with Gasteiger partial charge in [-0.15, -0.1) is 0 Å². The second-order valence-corrected chi connectivity index (χ2v) is 5.62. The van der Waals surface area contributed by atoms with E-state index in [9.17, 15) is 9.59 Å². The minimum atomic E-state index is -0.0658. The summed E-state index contributed by atoms with van der Waals surface area (Å²) in [4.78, 5) is 24.9. The van der Waals surface area contributed by atoms with Crippen LogP contribution in [-0.4, -0.2) is 43.0 Å². The Hall–Kier alpha value is -2.04. The molecule has 1 aromatic carbocycles. The maximum absolute atomic E-state index is 11.7. The molecule has 0 radical (unpaired) electrons. The van der Waals surface area contributed by atoms with Gasteiger partial charge >= 0.3 is 0 Å². The predicted octanol–water partition coefficient (Wildman–Crippen LogP) is 2.08. The zero-order chi connectivity index (χ0) is 16.4. The molecule has 0 unspecified atom stereocenters. The molecular weight excluding hydrogens is 280 g/mol. The van der Waals surface area contributed by atoms with Crippen LogP contribution in [0.3, 0.4) is 0 Å². The molecule has 0 aliphatic rings. The number of carbonyl (C=O) groups excluding carboxylic acids is 2. The van der Waals surface area contributed by atoms with E-state index in [4.69, 9.17) is 4.74 Å². The molecule has 1 N–H and O–H groups in total. The lowest BCUT2D eigenvalue weighted by atomic mass is 10.2. The molecule has 0 saturated heterocycles. The van der Waals surface area contributed by atoms with Gasteiger partial charge in [0.2, 0.25) is 11.8 Å². The molecule has 0 fully saturated rings. The van der Waals surface area contributed by atoms with E-state index in [-0.39, 0.29) is 11.8 Å². The number of para-hydroxylation sites is 1. The molecule has 0 saturated carbocycles. The summed E-state index contributed by atoms with van der Waals surface area (Å²) in [6.07, 6.45) is 0.305. The first-order valence-corrected chi connectivity index (χ1v) is 7.69. The van der Waals surface area contributed by atoms with E-state index in [1.807, 2.05) is 30.3 Å². The average molecular weight is 306 g/mol. The minimum absolute atomic E-state index is 0.0374. The van der Waals surface area contributed by atoms with E-state index in [1.54, 1.807) is 11.8 Å². The van der Waals surface area contributed by atoms with E-state index in [0.29, 0.717) is 38.6 Å². The second-order valence-electron chi connectivity index (χ2n) is 5.62. The van der Waals surface area contributed by atoms with E-state index >= 15 is 0 Å². The maximum atomic E-state index is 11.7. The van der Waals surface area contributed by atoms with Crippen LogP contribution in [0.5, 0.6) is 5.75 Å². The number of hydrogen-bond donors (Lipinski definition) is 1. The molecule has 122 valence electrons. The van der Waals surface area contributed by atoms with Crippen LogP contribution in [0.25, 0.3) is 0 Å². The zero-order valence-corrected chi connectivity index (χ0v) is 13.7. The average Bonchev–Trinajstić information content (AvgIpc) is 2.47. The summed E-state index contributed by atoms with van der Waals surface area (Å²) in [5, 5.41) is 2.81. The summed E-state index contributed by atoms with van der Waals surface area (Å²) in [5.41, 5.74) is 0. The fraction of sp³-hybridized carbons (Fsp3) is 0.529. The first-order valence-electron chi connectivity index (χ1n) is 7.69. The third-order valence-electron chi connectivity index (χ3n) is 3.08. The Morgan fingerprint density at radius 3 is 2.50 bits per heavy atom. The smallest absolute Gasteiger partial charge is 0.223 e. The summed E-state index contributed by atoms with van der Waals surface area (Å²) < 4.78 is 5.47. The zero-order valence-electron chi connectivity index (χ0n) is 13.7. The van der Waals surface area contributed by atoms with Crippen LogP contribution >= 0.6 is 0 Å². The van der Waals surface area contributed by atoms with Crippen molar-refractivity contribution in [1.29, 1.82) is 0 Å². The van der Waals surface area contributed by atoms with Crippen LogP contribution in [0.2, 0.25) is 0 Å². The highest BCUT2D eigenvalue weighted by Gasteiger charge is 2.10. The summed E-state index contributed by atoms with van der Waals surface area (Å²) in [6.45, 7) is 7.75. The van der Waals surface area contributed by atoms with Crippen molar-refractivity contribution in [3.8, 4) is 5.75 Å². The lowest BCUT2D eigenvalue weighted by Crippen LogP contribution is -2.39.